The lowest BCUT2D eigenvalue weighted by Gasteiger charge is -2.17. The quantitative estimate of drug-likeness (QED) is 0.640. The highest BCUT2D eigenvalue weighted by molar-refractivity contribution is 7.71. The van der Waals surface area contributed by atoms with E-state index in [1.807, 2.05) is 18.2 Å². The van der Waals surface area contributed by atoms with Crippen molar-refractivity contribution >= 4 is 34.9 Å². The van der Waals surface area contributed by atoms with Gasteiger partial charge in [-0.2, -0.15) is 0 Å². The second-order valence-electron chi connectivity index (χ2n) is 4.99. The largest absolute Gasteiger partial charge is 0.331 e. The molecule has 0 aliphatic rings. The zero-order valence-electron chi connectivity index (χ0n) is 11.4. The van der Waals surface area contributed by atoms with Crippen molar-refractivity contribution in [2.24, 2.45) is 0 Å². The van der Waals surface area contributed by atoms with Crippen molar-refractivity contribution in [2.45, 2.75) is 19.9 Å². The molecule has 2 aromatic carbocycles. The van der Waals surface area contributed by atoms with Gasteiger partial charge < -0.3 is 9.55 Å². The normalized spacial score (nSPS) is 12.8. The molecule has 0 saturated carbocycles. The van der Waals surface area contributed by atoms with Crippen molar-refractivity contribution in [3.63, 3.8) is 0 Å². The summed E-state index contributed by atoms with van der Waals surface area (Å²) in [6.07, 6.45) is 0. The third kappa shape index (κ3) is 2.17. The summed E-state index contributed by atoms with van der Waals surface area (Å²) in [5.74, 6) is 0. The predicted octanol–water partition coefficient (Wildman–Crippen LogP) is 5.27. The number of H-pyrrole nitrogens is 1. The molecule has 0 amide bonds. The first-order chi connectivity index (χ1) is 9.58. The molecule has 0 fully saturated rings. The number of rotatable bonds is 2. The number of aromatic nitrogens is 2. The van der Waals surface area contributed by atoms with Gasteiger partial charge in [0.15, 0.2) is 4.77 Å². The van der Waals surface area contributed by atoms with Crippen LogP contribution < -0.4 is 0 Å². The van der Waals surface area contributed by atoms with Gasteiger partial charge in [-0.15, -0.1) is 0 Å². The molecule has 0 aliphatic heterocycles. The smallest absolute Gasteiger partial charge is 0.178 e. The van der Waals surface area contributed by atoms with E-state index in [1.165, 1.54) is 11.1 Å². The lowest BCUT2D eigenvalue weighted by molar-refractivity contribution is 0.645. The predicted molar refractivity (Wildman–Crippen MR) is 87.1 cm³/mol. The molecule has 0 saturated heterocycles. The highest BCUT2D eigenvalue weighted by Gasteiger charge is 2.14. The summed E-state index contributed by atoms with van der Waals surface area (Å²) in [4.78, 5) is 3.24. The second kappa shape index (κ2) is 5.08. The van der Waals surface area contributed by atoms with Crippen molar-refractivity contribution < 1.29 is 0 Å². The Morgan fingerprint density at radius 2 is 1.95 bits per heavy atom. The number of nitrogens with zero attached hydrogens (tertiary/aromatic N) is 1. The van der Waals surface area contributed by atoms with E-state index < -0.39 is 0 Å². The molecule has 1 atom stereocenters. The van der Waals surface area contributed by atoms with E-state index in [1.54, 1.807) is 0 Å². The SMILES string of the molecule is Cc1ccccc1C(C)n1c(=S)[nH]c2ccc(Cl)cc21. The summed E-state index contributed by atoms with van der Waals surface area (Å²) < 4.78 is 2.84. The number of hydrogen-bond donors (Lipinski definition) is 1. The van der Waals surface area contributed by atoms with Crippen molar-refractivity contribution in [2.75, 3.05) is 0 Å². The fourth-order valence-corrected chi connectivity index (χ4v) is 3.21. The van der Waals surface area contributed by atoms with Crippen molar-refractivity contribution in [1.82, 2.24) is 9.55 Å². The maximum Gasteiger partial charge on any atom is 0.178 e. The summed E-state index contributed by atoms with van der Waals surface area (Å²) in [7, 11) is 0. The summed E-state index contributed by atoms with van der Waals surface area (Å²) in [5.41, 5.74) is 4.58. The maximum absolute atomic E-state index is 6.12. The fourth-order valence-electron chi connectivity index (χ4n) is 2.67. The molecule has 1 N–H and O–H groups in total. The highest BCUT2D eigenvalue weighted by Crippen LogP contribution is 2.27. The molecule has 1 heterocycles. The van der Waals surface area contributed by atoms with Gasteiger partial charge in [-0.3, -0.25) is 0 Å². The Bertz CT molecular complexity index is 832. The number of benzene rings is 2. The van der Waals surface area contributed by atoms with Crippen molar-refractivity contribution in [1.29, 1.82) is 0 Å². The molecule has 0 aliphatic carbocycles. The summed E-state index contributed by atoms with van der Waals surface area (Å²) in [6.45, 7) is 4.28. The van der Waals surface area contributed by atoms with Crippen LogP contribution in [0.1, 0.15) is 24.1 Å². The van der Waals surface area contributed by atoms with Crippen LogP contribution in [0, 0.1) is 11.7 Å². The number of halogens is 1. The number of imidazole rings is 1. The Kier molecular flexibility index (Phi) is 3.40. The van der Waals surface area contributed by atoms with Crippen LogP contribution in [0.4, 0.5) is 0 Å². The van der Waals surface area contributed by atoms with E-state index >= 15 is 0 Å². The molecule has 0 spiro atoms. The van der Waals surface area contributed by atoms with E-state index in [0.717, 1.165) is 20.8 Å². The van der Waals surface area contributed by atoms with Crippen LogP contribution in [0.3, 0.4) is 0 Å². The minimum atomic E-state index is 0.163. The Morgan fingerprint density at radius 1 is 1.20 bits per heavy atom. The Balaban J connectivity index is 2.24. The van der Waals surface area contributed by atoms with E-state index in [-0.39, 0.29) is 6.04 Å². The topological polar surface area (TPSA) is 20.7 Å². The number of aryl methyl sites for hydroxylation is 1. The minimum Gasteiger partial charge on any atom is -0.331 e. The third-order valence-corrected chi connectivity index (χ3v) is 4.24. The number of hydrogen-bond acceptors (Lipinski definition) is 1. The lowest BCUT2D eigenvalue weighted by Crippen LogP contribution is -2.08. The second-order valence-corrected chi connectivity index (χ2v) is 5.82. The van der Waals surface area contributed by atoms with Crippen LogP contribution in [0.15, 0.2) is 42.5 Å². The Hall–Kier alpha value is -1.58. The van der Waals surface area contributed by atoms with Gasteiger partial charge in [0.25, 0.3) is 0 Å². The van der Waals surface area contributed by atoms with Crippen molar-refractivity contribution in [3.05, 3.63) is 63.4 Å². The van der Waals surface area contributed by atoms with Gasteiger partial charge in [-0.05, 0) is 55.4 Å². The average Bonchev–Trinajstić information content (AvgIpc) is 2.74. The molecule has 3 rings (SSSR count). The zero-order valence-corrected chi connectivity index (χ0v) is 12.9. The van der Waals surface area contributed by atoms with Gasteiger partial charge in [-0.1, -0.05) is 35.9 Å². The molecule has 0 radical (unpaired) electrons. The summed E-state index contributed by atoms with van der Waals surface area (Å²) in [5, 5.41) is 0.720. The molecule has 3 aromatic rings. The molecule has 102 valence electrons. The minimum absolute atomic E-state index is 0.163. The van der Waals surface area contributed by atoms with Gasteiger partial charge in [0.05, 0.1) is 17.1 Å². The van der Waals surface area contributed by atoms with Crippen LogP contribution in [0.25, 0.3) is 11.0 Å². The fraction of sp³-hybridized carbons (Fsp3) is 0.188. The molecule has 1 unspecified atom stereocenters. The maximum atomic E-state index is 6.12. The van der Waals surface area contributed by atoms with Gasteiger partial charge in [0.2, 0.25) is 0 Å². The van der Waals surface area contributed by atoms with Crippen LogP contribution >= 0.6 is 23.8 Å². The lowest BCUT2D eigenvalue weighted by atomic mass is 10.0. The molecular formula is C16H15ClN2S. The van der Waals surface area contributed by atoms with E-state index in [2.05, 4.69) is 47.7 Å². The van der Waals surface area contributed by atoms with Crippen molar-refractivity contribution in [3.8, 4) is 0 Å². The summed E-state index contributed by atoms with van der Waals surface area (Å²) >= 11 is 11.6. The Morgan fingerprint density at radius 3 is 2.70 bits per heavy atom. The number of aromatic amines is 1. The van der Waals surface area contributed by atoms with Crippen LogP contribution in [-0.2, 0) is 0 Å². The number of fused-ring (bicyclic) bond motifs is 1. The first-order valence-electron chi connectivity index (χ1n) is 6.53. The first-order valence-corrected chi connectivity index (χ1v) is 7.32. The molecule has 1 aromatic heterocycles. The monoisotopic (exact) mass is 302 g/mol. The van der Waals surface area contributed by atoms with Gasteiger partial charge in [-0.25, -0.2) is 0 Å². The van der Waals surface area contributed by atoms with Gasteiger partial charge in [0, 0.05) is 5.02 Å². The first kappa shape index (κ1) is 13.4. The summed E-state index contributed by atoms with van der Waals surface area (Å²) in [6, 6.07) is 14.3. The van der Waals surface area contributed by atoms with E-state index in [9.17, 15) is 0 Å². The Labute approximate surface area is 128 Å². The molecule has 4 heteroatoms. The van der Waals surface area contributed by atoms with Crippen LogP contribution in [0.5, 0.6) is 0 Å². The van der Waals surface area contributed by atoms with Gasteiger partial charge in [0.1, 0.15) is 0 Å². The standard InChI is InChI=1S/C16H15ClN2S/c1-10-5-3-4-6-13(10)11(2)19-15-9-12(17)7-8-14(15)18-16(19)20/h3-9,11H,1-2H3,(H,18,20). The van der Waals surface area contributed by atoms with Crippen LogP contribution in [0.2, 0.25) is 5.02 Å². The molecular weight excluding hydrogens is 288 g/mol. The molecule has 20 heavy (non-hydrogen) atoms. The van der Waals surface area contributed by atoms with Gasteiger partial charge >= 0.3 is 0 Å². The van der Waals surface area contributed by atoms with E-state index in [4.69, 9.17) is 23.8 Å². The third-order valence-electron chi connectivity index (χ3n) is 3.71. The zero-order chi connectivity index (χ0) is 14.3. The van der Waals surface area contributed by atoms with Crippen LogP contribution in [-0.4, -0.2) is 9.55 Å². The van der Waals surface area contributed by atoms with E-state index in [0.29, 0.717) is 0 Å². The number of nitrogens with one attached hydrogen (secondary N) is 1. The molecule has 0 bridgehead atoms. The average molecular weight is 303 g/mol. The molecule has 2 nitrogen and oxygen atoms in total. The highest BCUT2D eigenvalue weighted by atomic mass is 35.5.